The molecule has 7 heteroatoms. The summed E-state index contributed by atoms with van der Waals surface area (Å²) >= 11 is 0. The zero-order valence-electron chi connectivity index (χ0n) is 22.0. The smallest absolute Gasteiger partial charge is 0.164 e. The van der Waals surface area contributed by atoms with Gasteiger partial charge in [-0.1, -0.05) is 19.8 Å². The SMILES string of the molecule is CCOCC(CC)(COC(C)(C)C(=O)CCCCCO)COC(C)(C)C(=O)CCCCCO. The molecule has 0 bridgehead atoms. The Labute approximate surface area is 201 Å². The van der Waals surface area contributed by atoms with Crippen molar-refractivity contribution in [3.8, 4) is 0 Å². The van der Waals surface area contributed by atoms with E-state index in [2.05, 4.69) is 0 Å². The van der Waals surface area contributed by atoms with Crippen molar-refractivity contribution >= 4 is 11.6 Å². The normalized spacial score (nSPS) is 12.8. The lowest BCUT2D eigenvalue weighted by Crippen LogP contribution is -2.46. The van der Waals surface area contributed by atoms with E-state index in [-0.39, 0.29) is 24.8 Å². The van der Waals surface area contributed by atoms with Crippen LogP contribution in [0.25, 0.3) is 0 Å². The number of carbonyl (C=O) groups is 2. The summed E-state index contributed by atoms with van der Waals surface area (Å²) in [7, 11) is 0. The number of ether oxygens (including phenoxy) is 3. The molecule has 196 valence electrons. The highest BCUT2D eigenvalue weighted by Crippen LogP contribution is 2.30. The first-order chi connectivity index (χ1) is 15.5. The lowest BCUT2D eigenvalue weighted by molar-refractivity contribution is -0.164. The van der Waals surface area contributed by atoms with Crippen LogP contribution in [-0.4, -0.2) is 72.6 Å². The summed E-state index contributed by atoms with van der Waals surface area (Å²) in [6.07, 6.45) is 6.08. The van der Waals surface area contributed by atoms with Crippen molar-refractivity contribution in [2.24, 2.45) is 5.41 Å². The number of ketones is 2. The third-order valence-electron chi connectivity index (χ3n) is 6.31. The van der Waals surface area contributed by atoms with Gasteiger partial charge in [-0.3, -0.25) is 9.59 Å². The summed E-state index contributed by atoms with van der Waals surface area (Å²) in [5.41, 5.74) is -2.33. The van der Waals surface area contributed by atoms with Gasteiger partial charge < -0.3 is 24.4 Å². The van der Waals surface area contributed by atoms with Gasteiger partial charge in [0, 0.05) is 38.1 Å². The number of aliphatic hydroxyl groups is 2. The number of carbonyl (C=O) groups excluding carboxylic acids is 2. The van der Waals surface area contributed by atoms with E-state index >= 15 is 0 Å². The molecule has 0 saturated carbocycles. The van der Waals surface area contributed by atoms with Gasteiger partial charge in [-0.05, 0) is 66.7 Å². The zero-order chi connectivity index (χ0) is 25.4. The Morgan fingerprint density at radius 1 is 0.667 bits per heavy atom. The van der Waals surface area contributed by atoms with Crippen LogP contribution in [0.5, 0.6) is 0 Å². The molecule has 0 rings (SSSR count). The van der Waals surface area contributed by atoms with Crippen molar-refractivity contribution in [3.05, 3.63) is 0 Å². The highest BCUT2D eigenvalue weighted by molar-refractivity contribution is 5.86. The summed E-state index contributed by atoms with van der Waals surface area (Å²) in [5.74, 6) is 0.0855. The van der Waals surface area contributed by atoms with Crippen LogP contribution in [0.2, 0.25) is 0 Å². The topological polar surface area (TPSA) is 102 Å². The summed E-state index contributed by atoms with van der Waals surface area (Å²) in [6.45, 7) is 13.0. The largest absolute Gasteiger partial charge is 0.396 e. The third kappa shape index (κ3) is 13.0. The van der Waals surface area contributed by atoms with Gasteiger partial charge >= 0.3 is 0 Å². The molecule has 0 aromatic rings. The molecule has 0 radical (unpaired) electrons. The summed E-state index contributed by atoms with van der Waals surface area (Å²) in [5, 5.41) is 17.8. The molecule has 0 fully saturated rings. The summed E-state index contributed by atoms with van der Waals surface area (Å²) in [4.78, 5) is 25.4. The Morgan fingerprint density at radius 3 is 1.42 bits per heavy atom. The number of Topliss-reactive ketones (excluding diaryl/α,β-unsaturated/α-hetero) is 2. The minimum atomic E-state index is -0.927. The highest BCUT2D eigenvalue weighted by atomic mass is 16.5. The van der Waals surface area contributed by atoms with Gasteiger partial charge in [-0.2, -0.15) is 0 Å². The highest BCUT2D eigenvalue weighted by Gasteiger charge is 2.38. The maximum absolute atomic E-state index is 12.7. The Bertz CT molecular complexity index is 503. The summed E-state index contributed by atoms with van der Waals surface area (Å²) < 4.78 is 18.1. The van der Waals surface area contributed by atoms with Gasteiger partial charge in [0.1, 0.15) is 11.2 Å². The maximum atomic E-state index is 12.7. The molecule has 2 N–H and O–H groups in total. The lowest BCUT2D eigenvalue weighted by Gasteiger charge is -2.38. The predicted molar refractivity (Wildman–Crippen MR) is 130 cm³/mol. The second kappa shape index (κ2) is 16.7. The van der Waals surface area contributed by atoms with Crippen molar-refractivity contribution in [1.29, 1.82) is 0 Å². The van der Waals surface area contributed by atoms with Crippen molar-refractivity contribution in [2.45, 2.75) is 111 Å². The molecule has 0 spiro atoms. The minimum absolute atomic E-state index is 0.0427. The van der Waals surface area contributed by atoms with Crippen molar-refractivity contribution in [2.75, 3.05) is 39.6 Å². The molecule has 0 aromatic heterocycles. The van der Waals surface area contributed by atoms with Crippen LogP contribution in [0.15, 0.2) is 0 Å². The zero-order valence-corrected chi connectivity index (χ0v) is 22.0. The molecule has 0 unspecified atom stereocenters. The van der Waals surface area contributed by atoms with Crippen molar-refractivity contribution in [1.82, 2.24) is 0 Å². The summed E-state index contributed by atoms with van der Waals surface area (Å²) in [6, 6.07) is 0. The van der Waals surface area contributed by atoms with E-state index < -0.39 is 16.6 Å². The average molecular weight is 475 g/mol. The second-order valence-electron chi connectivity index (χ2n) is 10.0. The minimum Gasteiger partial charge on any atom is -0.396 e. The molecule has 7 nitrogen and oxygen atoms in total. The van der Waals surface area contributed by atoms with Crippen LogP contribution in [0.4, 0.5) is 0 Å². The third-order valence-corrected chi connectivity index (χ3v) is 6.31. The van der Waals surface area contributed by atoms with Crippen LogP contribution in [0, 0.1) is 5.41 Å². The predicted octanol–water partition coefficient (Wildman–Crippen LogP) is 4.25. The van der Waals surface area contributed by atoms with E-state index in [4.69, 9.17) is 24.4 Å². The van der Waals surface area contributed by atoms with Gasteiger partial charge in [0.2, 0.25) is 0 Å². The lowest BCUT2D eigenvalue weighted by atomic mass is 9.86. The standard InChI is InChI=1S/C26H50O7/c1-7-26(19-31-8-2,20-32-24(3,4)22(29)15-11-9-13-17-27)21-33-25(5,6)23(30)16-12-10-14-18-28/h27-28H,7-21H2,1-6H3. The van der Waals surface area contributed by atoms with E-state index in [1.54, 1.807) is 27.7 Å². The average Bonchev–Trinajstić information content (AvgIpc) is 2.79. The van der Waals surface area contributed by atoms with Crippen LogP contribution >= 0.6 is 0 Å². The van der Waals surface area contributed by atoms with E-state index in [0.717, 1.165) is 25.7 Å². The molecule has 0 heterocycles. The van der Waals surface area contributed by atoms with E-state index in [1.807, 2.05) is 13.8 Å². The van der Waals surface area contributed by atoms with Crippen LogP contribution in [0.1, 0.15) is 99.3 Å². The van der Waals surface area contributed by atoms with Gasteiger partial charge in [0.25, 0.3) is 0 Å². The number of hydrogen-bond donors (Lipinski definition) is 2. The first kappa shape index (κ1) is 32.1. The van der Waals surface area contributed by atoms with E-state index in [0.29, 0.717) is 58.5 Å². The molecule has 0 atom stereocenters. The van der Waals surface area contributed by atoms with Gasteiger partial charge in [0.15, 0.2) is 11.6 Å². The number of aliphatic hydroxyl groups excluding tert-OH is 2. The fourth-order valence-electron chi connectivity index (χ4n) is 3.33. The van der Waals surface area contributed by atoms with Crippen LogP contribution in [0.3, 0.4) is 0 Å². The first-order valence-corrected chi connectivity index (χ1v) is 12.6. The Balaban J connectivity index is 5.06. The van der Waals surface area contributed by atoms with Crippen LogP contribution in [-0.2, 0) is 23.8 Å². The Kier molecular flexibility index (Phi) is 16.3. The Morgan fingerprint density at radius 2 is 1.09 bits per heavy atom. The van der Waals surface area contributed by atoms with Gasteiger partial charge in [0.05, 0.1) is 19.8 Å². The molecule has 0 aromatic carbocycles. The molecular weight excluding hydrogens is 424 g/mol. The molecular formula is C26H50O7. The number of hydrogen-bond acceptors (Lipinski definition) is 7. The first-order valence-electron chi connectivity index (χ1n) is 12.6. The fraction of sp³-hybridized carbons (Fsp3) is 0.923. The van der Waals surface area contributed by atoms with Gasteiger partial charge in [-0.25, -0.2) is 0 Å². The van der Waals surface area contributed by atoms with Crippen molar-refractivity contribution in [3.63, 3.8) is 0 Å². The molecule has 0 aliphatic rings. The monoisotopic (exact) mass is 474 g/mol. The van der Waals surface area contributed by atoms with E-state index in [9.17, 15) is 9.59 Å². The molecule has 0 amide bonds. The molecule has 33 heavy (non-hydrogen) atoms. The maximum Gasteiger partial charge on any atom is 0.164 e. The molecule has 0 aliphatic carbocycles. The fourth-order valence-corrected chi connectivity index (χ4v) is 3.33. The second-order valence-corrected chi connectivity index (χ2v) is 10.0. The molecule has 0 saturated heterocycles. The van der Waals surface area contributed by atoms with Crippen LogP contribution < -0.4 is 0 Å². The number of rotatable bonds is 22. The quantitative estimate of drug-likeness (QED) is 0.226. The van der Waals surface area contributed by atoms with E-state index in [1.165, 1.54) is 0 Å². The van der Waals surface area contributed by atoms with Crippen molar-refractivity contribution < 1.29 is 34.0 Å². The van der Waals surface area contributed by atoms with Gasteiger partial charge in [-0.15, -0.1) is 0 Å². The molecule has 0 aliphatic heterocycles. The number of unbranched alkanes of at least 4 members (excludes halogenated alkanes) is 4. The Hall–Kier alpha value is -0.860.